The van der Waals surface area contributed by atoms with Crippen LogP contribution in [0.15, 0.2) is 27.6 Å². The SMILES string of the molecule is CC[C@H](N)c1ccc(Sc2nc(C)ns2)cn1. The summed E-state index contributed by atoms with van der Waals surface area (Å²) in [5, 5.41) is 0. The van der Waals surface area contributed by atoms with Gasteiger partial charge in [-0.15, -0.1) is 0 Å². The second kappa shape index (κ2) is 5.57. The molecule has 2 N–H and O–H groups in total. The predicted octanol–water partition coefficient (Wildman–Crippen LogP) is 2.80. The summed E-state index contributed by atoms with van der Waals surface area (Å²) < 4.78 is 5.08. The molecule has 1 atom stereocenters. The van der Waals surface area contributed by atoms with E-state index in [9.17, 15) is 0 Å². The van der Waals surface area contributed by atoms with Crippen molar-refractivity contribution in [3.63, 3.8) is 0 Å². The smallest absolute Gasteiger partial charge is 0.174 e. The minimum Gasteiger partial charge on any atom is -0.323 e. The predicted molar refractivity (Wildman–Crippen MR) is 70.2 cm³/mol. The van der Waals surface area contributed by atoms with Crippen LogP contribution in [0.2, 0.25) is 0 Å². The molecule has 0 saturated heterocycles. The first kappa shape index (κ1) is 12.5. The van der Waals surface area contributed by atoms with Crippen molar-refractivity contribution in [2.24, 2.45) is 5.73 Å². The van der Waals surface area contributed by atoms with Crippen LogP contribution in [-0.4, -0.2) is 14.3 Å². The number of nitrogens with two attached hydrogens (primary N) is 1. The van der Waals surface area contributed by atoms with E-state index in [0.29, 0.717) is 0 Å². The fourth-order valence-electron chi connectivity index (χ4n) is 1.30. The molecule has 0 saturated carbocycles. The van der Waals surface area contributed by atoms with E-state index < -0.39 is 0 Å². The maximum atomic E-state index is 5.91. The highest BCUT2D eigenvalue weighted by atomic mass is 32.2. The third-order valence-corrected chi connectivity index (χ3v) is 4.11. The standard InChI is InChI=1S/C11H14N4S2/c1-3-9(12)10-5-4-8(6-13-10)16-11-14-7(2)15-17-11/h4-6,9H,3,12H2,1-2H3/t9-/m0/s1. The van der Waals surface area contributed by atoms with Gasteiger partial charge in [0.2, 0.25) is 0 Å². The minimum absolute atomic E-state index is 0.0258. The van der Waals surface area contributed by atoms with Crippen LogP contribution in [0.3, 0.4) is 0 Å². The Balaban J connectivity index is 2.08. The molecule has 2 heterocycles. The Labute approximate surface area is 109 Å². The van der Waals surface area contributed by atoms with Crippen LogP contribution >= 0.6 is 23.3 Å². The van der Waals surface area contributed by atoms with E-state index in [4.69, 9.17) is 5.73 Å². The molecule has 0 spiro atoms. The zero-order valence-electron chi connectivity index (χ0n) is 9.75. The summed E-state index contributed by atoms with van der Waals surface area (Å²) in [5.74, 6) is 0.815. The second-order valence-corrected chi connectivity index (χ2v) is 5.72. The summed E-state index contributed by atoms with van der Waals surface area (Å²) in [7, 11) is 0. The number of hydrogen-bond acceptors (Lipinski definition) is 6. The normalized spacial score (nSPS) is 12.6. The summed E-state index contributed by atoms with van der Waals surface area (Å²) in [6, 6.07) is 4.03. The van der Waals surface area contributed by atoms with Gasteiger partial charge in [0.1, 0.15) is 5.82 Å². The summed E-state index contributed by atoms with van der Waals surface area (Å²) in [6.07, 6.45) is 2.74. The quantitative estimate of drug-likeness (QED) is 0.921. The molecule has 0 bridgehead atoms. The topological polar surface area (TPSA) is 64.7 Å². The Kier molecular flexibility index (Phi) is 4.09. The van der Waals surface area contributed by atoms with Crippen LogP contribution < -0.4 is 5.73 Å². The van der Waals surface area contributed by atoms with E-state index in [1.807, 2.05) is 25.3 Å². The van der Waals surface area contributed by atoms with Crippen LogP contribution in [0.25, 0.3) is 0 Å². The Morgan fingerprint density at radius 1 is 1.47 bits per heavy atom. The molecule has 0 fully saturated rings. The van der Waals surface area contributed by atoms with E-state index in [1.165, 1.54) is 11.5 Å². The van der Waals surface area contributed by atoms with Crippen LogP contribution in [0.5, 0.6) is 0 Å². The lowest BCUT2D eigenvalue weighted by molar-refractivity contribution is 0.674. The lowest BCUT2D eigenvalue weighted by atomic mass is 10.1. The number of nitrogens with zero attached hydrogens (tertiary/aromatic N) is 3. The molecule has 0 aliphatic carbocycles. The highest BCUT2D eigenvalue weighted by Crippen LogP contribution is 2.28. The van der Waals surface area contributed by atoms with Crippen molar-refractivity contribution in [3.8, 4) is 0 Å². The number of hydrogen-bond donors (Lipinski definition) is 1. The molecular formula is C11H14N4S2. The number of aryl methyl sites for hydroxylation is 1. The molecule has 0 aliphatic heterocycles. The molecule has 0 amide bonds. The monoisotopic (exact) mass is 266 g/mol. The largest absolute Gasteiger partial charge is 0.323 e. The third kappa shape index (κ3) is 3.24. The van der Waals surface area contributed by atoms with Crippen molar-refractivity contribution in [1.29, 1.82) is 0 Å². The minimum atomic E-state index is 0.0258. The molecule has 90 valence electrons. The number of rotatable bonds is 4. The second-order valence-electron chi connectivity index (χ2n) is 3.64. The summed E-state index contributed by atoms with van der Waals surface area (Å²) >= 11 is 2.99. The molecule has 2 rings (SSSR count). The van der Waals surface area contributed by atoms with Gasteiger partial charge in [-0.3, -0.25) is 4.98 Å². The van der Waals surface area contributed by atoms with Gasteiger partial charge in [0, 0.05) is 17.1 Å². The third-order valence-electron chi connectivity index (χ3n) is 2.29. The van der Waals surface area contributed by atoms with Crippen LogP contribution in [0.4, 0.5) is 0 Å². The van der Waals surface area contributed by atoms with Gasteiger partial charge < -0.3 is 5.73 Å². The summed E-state index contributed by atoms with van der Waals surface area (Å²) in [4.78, 5) is 9.72. The van der Waals surface area contributed by atoms with E-state index in [2.05, 4.69) is 21.3 Å². The molecule has 17 heavy (non-hydrogen) atoms. The van der Waals surface area contributed by atoms with E-state index in [-0.39, 0.29) is 6.04 Å². The molecule has 0 aliphatic rings. The summed E-state index contributed by atoms with van der Waals surface area (Å²) in [5.41, 5.74) is 6.85. The summed E-state index contributed by atoms with van der Waals surface area (Å²) in [6.45, 7) is 3.95. The Morgan fingerprint density at radius 3 is 2.82 bits per heavy atom. The molecule has 6 heteroatoms. The van der Waals surface area contributed by atoms with Gasteiger partial charge in [-0.25, -0.2) is 4.98 Å². The first-order valence-electron chi connectivity index (χ1n) is 5.38. The van der Waals surface area contributed by atoms with Crippen molar-refractivity contribution >= 4 is 23.3 Å². The van der Waals surface area contributed by atoms with Gasteiger partial charge in [-0.1, -0.05) is 18.7 Å². The molecule has 0 unspecified atom stereocenters. The van der Waals surface area contributed by atoms with Crippen molar-refractivity contribution in [3.05, 3.63) is 29.8 Å². The first-order chi connectivity index (χ1) is 8.19. The van der Waals surface area contributed by atoms with Crippen LogP contribution in [0.1, 0.15) is 30.9 Å². The van der Waals surface area contributed by atoms with Crippen molar-refractivity contribution in [2.75, 3.05) is 0 Å². The maximum Gasteiger partial charge on any atom is 0.174 e. The fraction of sp³-hybridized carbons (Fsp3) is 0.364. The van der Waals surface area contributed by atoms with E-state index in [1.54, 1.807) is 11.8 Å². The number of pyridine rings is 1. The molecule has 4 nitrogen and oxygen atoms in total. The zero-order chi connectivity index (χ0) is 12.3. The average molecular weight is 266 g/mol. The van der Waals surface area contributed by atoms with Gasteiger partial charge in [-0.05, 0) is 37.0 Å². The highest BCUT2D eigenvalue weighted by Gasteiger charge is 2.06. The van der Waals surface area contributed by atoms with Crippen molar-refractivity contribution < 1.29 is 0 Å². The first-order valence-corrected chi connectivity index (χ1v) is 6.97. The van der Waals surface area contributed by atoms with E-state index >= 15 is 0 Å². The zero-order valence-corrected chi connectivity index (χ0v) is 11.4. The van der Waals surface area contributed by atoms with Crippen LogP contribution in [0, 0.1) is 6.92 Å². The van der Waals surface area contributed by atoms with E-state index in [0.717, 1.165) is 27.2 Å². The van der Waals surface area contributed by atoms with Crippen molar-refractivity contribution in [1.82, 2.24) is 14.3 Å². The van der Waals surface area contributed by atoms with Gasteiger partial charge in [0.25, 0.3) is 0 Å². The van der Waals surface area contributed by atoms with Crippen LogP contribution in [-0.2, 0) is 0 Å². The molecule has 0 aromatic carbocycles. The highest BCUT2D eigenvalue weighted by molar-refractivity contribution is 8.01. The molecule has 0 radical (unpaired) electrons. The average Bonchev–Trinajstić information content (AvgIpc) is 2.75. The molecule has 2 aromatic rings. The lowest BCUT2D eigenvalue weighted by Gasteiger charge is -2.07. The van der Waals surface area contributed by atoms with Crippen molar-refractivity contribution in [2.45, 2.75) is 35.5 Å². The Bertz CT molecular complexity index is 480. The Morgan fingerprint density at radius 2 is 2.29 bits per heavy atom. The lowest BCUT2D eigenvalue weighted by Crippen LogP contribution is -2.10. The van der Waals surface area contributed by atoms with Gasteiger partial charge >= 0.3 is 0 Å². The fourth-order valence-corrected chi connectivity index (χ4v) is 2.90. The van der Waals surface area contributed by atoms with Gasteiger partial charge in [-0.2, -0.15) is 4.37 Å². The van der Waals surface area contributed by atoms with Gasteiger partial charge in [0.15, 0.2) is 4.34 Å². The number of aromatic nitrogens is 3. The molecular weight excluding hydrogens is 252 g/mol. The Hall–Kier alpha value is -0.980. The molecule has 2 aromatic heterocycles. The maximum absolute atomic E-state index is 5.91. The van der Waals surface area contributed by atoms with Gasteiger partial charge in [0.05, 0.1) is 5.69 Å².